The Hall–Kier alpha value is -0.870. The maximum Gasteiger partial charge on any atom is 0.125 e. The number of hydrogen-bond acceptors (Lipinski definition) is 4. The maximum absolute atomic E-state index is 6.28. The molecule has 2 aliphatic rings. The second-order valence-electron chi connectivity index (χ2n) is 4.80. The smallest absolute Gasteiger partial charge is 0.125 e. The molecule has 1 saturated heterocycles. The van der Waals surface area contributed by atoms with Gasteiger partial charge in [-0.25, -0.2) is 0 Å². The molecule has 3 rings (SSSR count). The van der Waals surface area contributed by atoms with Crippen LogP contribution in [0.25, 0.3) is 0 Å². The van der Waals surface area contributed by atoms with E-state index in [1.165, 1.54) is 5.75 Å². The van der Waals surface area contributed by atoms with Gasteiger partial charge in [-0.2, -0.15) is 11.8 Å². The summed E-state index contributed by atoms with van der Waals surface area (Å²) >= 11 is 1.96. The minimum Gasteiger partial charge on any atom is -0.497 e. The highest BCUT2D eigenvalue weighted by atomic mass is 32.2. The second-order valence-corrected chi connectivity index (χ2v) is 5.91. The Morgan fingerprint density at radius 2 is 2.41 bits per heavy atom. The first-order chi connectivity index (χ1) is 8.22. The highest BCUT2D eigenvalue weighted by Crippen LogP contribution is 2.45. The first-order valence-corrected chi connectivity index (χ1v) is 7.08. The molecule has 0 aromatic heterocycles. The molecule has 1 aromatic rings. The van der Waals surface area contributed by atoms with Gasteiger partial charge >= 0.3 is 0 Å². The van der Waals surface area contributed by atoms with Gasteiger partial charge in [-0.3, -0.25) is 0 Å². The summed E-state index contributed by atoms with van der Waals surface area (Å²) in [6, 6.07) is 5.98. The predicted molar refractivity (Wildman–Crippen MR) is 69.8 cm³/mol. The molecule has 4 heteroatoms. The number of fused-ring (bicyclic) bond motifs is 1. The second kappa shape index (κ2) is 4.10. The van der Waals surface area contributed by atoms with Crippen LogP contribution >= 0.6 is 11.8 Å². The molecule has 2 atom stereocenters. The minimum absolute atomic E-state index is 0.0222. The molecule has 1 aromatic carbocycles. The molecule has 0 bridgehead atoms. The quantitative estimate of drug-likeness (QED) is 0.832. The summed E-state index contributed by atoms with van der Waals surface area (Å²) in [6.45, 7) is 0. The van der Waals surface area contributed by atoms with Crippen molar-refractivity contribution in [1.82, 2.24) is 0 Å². The number of nitrogens with two attached hydrogens (primary N) is 1. The van der Waals surface area contributed by atoms with E-state index in [1.807, 2.05) is 30.0 Å². The lowest BCUT2D eigenvalue weighted by Crippen LogP contribution is -2.42. The molecular formula is C13H17NO2S. The van der Waals surface area contributed by atoms with E-state index in [1.54, 1.807) is 7.11 Å². The molecule has 0 amide bonds. The third-order valence-corrected chi connectivity index (χ3v) is 4.82. The number of thioether (sulfide) groups is 1. The van der Waals surface area contributed by atoms with Gasteiger partial charge in [0.05, 0.1) is 7.11 Å². The normalized spacial score (nSPS) is 31.1. The zero-order valence-electron chi connectivity index (χ0n) is 9.94. The zero-order valence-corrected chi connectivity index (χ0v) is 10.8. The molecule has 1 fully saturated rings. The van der Waals surface area contributed by atoms with Crippen LogP contribution in [-0.2, 0) is 0 Å². The van der Waals surface area contributed by atoms with Gasteiger partial charge in [-0.1, -0.05) is 0 Å². The van der Waals surface area contributed by atoms with Crippen molar-refractivity contribution in [1.29, 1.82) is 0 Å². The van der Waals surface area contributed by atoms with Gasteiger partial charge in [-0.05, 0) is 30.4 Å². The van der Waals surface area contributed by atoms with Crippen LogP contribution in [0.15, 0.2) is 18.2 Å². The van der Waals surface area contributed by atoms with Crippen LogP contribution in [0.3, 0.4) is 0 Å². The molecule has 2 aliphatic heterocycles. The molecular weight excluding hydrogens is 234 g/mol. The number of ether oxygens (including phenoxy) is 2. The summed E-state index contributed by atoms with van der Waals surface area (Å²) in [6.07, 6.45) is 2.02. The first kappa shape index (κ1) is 11.2. The van der Waals surface area contributed by atoms with Gasteiger partial charge < -0.3 is 15.2 Å². The third-order valence-electron chi connectivity index (χ3n) is 3.60. The van der Waals surface area contributed by atoms with Crippen molar-refractivity contribution >= 4 is 11.8 Å². The summed E-state index contributed by atoms with van der Waals surface area (Å²) in [7, 11) is 1.67. The Labute approximate surface area is 106 Å². The van der Waals surface area contributed by atoms with E-state index in [0.29, 0.717) is 0 Å². The van der Waals surface area contributed by atoms with Crippen molar-refractivity contribution in [2.24, 2.45) is 5.73 Å². The Morgan fingerprint density at radius 1 is 1.53 bits per heavy atom. The molecule has 1 unspecified atom stereocenters. The Balaban J connectivity index is 1.96. The molecule has 2 N–H and O–H groups in total. The average Bonchev–Trinajstić information content (AvgIpc) is 2.77. The third kappa shape index (κ3) is 1.89. The van der Waals surface area contributed by atoms with Gasteiger partial charge in [0.15, 0.2) is 0 Å². The largest absolute Gasteiger partial charge is 0.497 e. The molecule has 1 spiro atoms. The summed E-state index contributed by atoms with van der Waals surface area (Å²) in [5.74, 6) is 4.02. The fraction of sp³-hybridized carbons (Fsp3) is 0.538. The lowest BCUT2D eigenvalue weighted by Gasteiger charge is -2.38. The van der Waals surface area contributed by atoms with Gasteiger partial charge in [0.2, 0.25) is 0 Å². The highest BCUT2D eigenvalue weighted by Gasteiger charge is 2.42. The van der Waals surface area contributed by atoms with Gasteiger partial charge in [0, 0.05) is 23.8 Å². The summed E-state index contributed by atoms with van der Waals surface area (Å²) in [4.78, 5) is 0. The number of methoxy groups -OCH3 is 1. The predicted octanol–water partition coefficient (Wildman–Crippen LogP) is 2.35. The Bertz CT molecular complexity index is 429. The SMILES string of the molecule is COc1ccc2c(c1)[C@H](N)CC1(CCSC1)O2. The van der Waals surface area contributed by atoms with E-state index in [4.69, 9.17) is 15.2 Å². The van der Waals surface area contributed by atoms with Crippen LogP contribution in [0.5, 0.6) is 11.5 Å². The summed E-state index contributed by atoms with van der Waals surface area (Å²) in [5.41, 5.74) is 7.33. The van der Waals surface area contributed by atoms with Crippen molar-refractivity contribution in [2.75, 3.05) is 18.6 Å². The van der Waals surface area contributed by atoms with Crippen molar-refractivity contribution in [3.05, 3.63) is 23.8 Å². The van der Waals surface area contributed by atoms with E-state index < -0.39 is 0 Å². The molecule has 0 saturated carbocycles. The van der Waals surface area contributed by atoms with Crippen LogP contribution < -0.4 is 15.2 Å². The first-order valence-electron chi connectivity index (χ1n) is 5.93. The van der Waals surface area contributed by atoms with Crippen molar-refractivity contribution in [3.63, 3.8) is 0 Å². The molecule has 17 heavy (non-hydrogen) atoms. The maximum atomic E-state index is 6.28. The van der Waals surface area contributed by atoms with Crippen molar-refractivity contribution in [2.45, 2.75) is 24.5 Å². The van der Waals surface area contributed by atoms with Crippen molar-refractivity contribution < 1.29 is 9.47 Å². The topological polar surface area (TPSA) is 44.5 Å². The van der Waals surface area contributed by atoms with Gasteiger partial charge in [0.1, 0.15) is 17.1 Å². The number of rotatable bonds is 1. The standard InChI is InChI=1S/C13H17NO2S/c1-15-9-2-3-12-10(6-9)11(14)7-13(16-12)4-5-17-8-13/h2-3,6,11H,4-5,7-8,14H2,1H3/t11-,13?/m1/s1. The van der Waals surface area contributed by atoms with Crippen LogP contribution in [0.2, 0.25) is 0 Å². The lowest BCUT2D eigenvalue weighted by molar-refractivity contribution is 0.0614. The fourth-order valence-electron chi connectivity index (χ4n) is 2.65. The monoisotopic (exact) mass is 251 g/mol. The Kier molecular flexibility index (Phi) is 2.71. The van der Waals surface area contributed by atoms with Gasteiger partial charge in [0.25, 0.3) is 0 Å². The average molecular weight is 251 g/mol. The zero-order chi connectivity index (χ0) is 11.9. The molecule has 2 heterocycles. The number of benzene rings is 1. The molecule has 0 aliphatic carbocycles. The molecule has 0 radical (unpaired) electrons. The minimum atomic E-state index is -0.0222. The summed E-state index contributed by atoms with van der Waals surface area (Å²) < 4.78 is 11.4. The lowest BCUT2D eigenvalue weighted by atomic mass is 9.87. The van der Waals surface area contributed by atoms with E-state index in [9.17, 15) is 0 Å². The fourth-order valence-corrected chi connectivity index (χ4v) is 4.01. The highest BCUT2D eigenvalue weighted by molar-refractivity contribution is 7.99. The van der Waals surface area contributed by atoms with E-state index in [-0.39, 0.29) is 11.6 Å². The van der Waals surface area contributed by atoms with Gasteiger partial charge in [-0.15, -0.1) is 0 Å². The van der Waals surface area contributed by atoms with Crippen LogP contribution in [0, 0.1) is 0 Å². The number of hydrogen-bond donors (Lipinski definition) is 1. The molecule has 3 nitrogen and oxygen atoms in total. The van der Waals surface area contributed by atoms with E-state index >= 15 is 0 Å². The summed E-state index contributed by atoms with van der Waals surface area (Å²) in [5, 5.41) is 0. The van der Waals surface area contributed by atoms with Crippen molar-refractivity contribution in [3.8, 4) is 11.5 Å². The van der Waals surface area contributed by atoms with E-state index in [2.05, 4.69) is 0 Å². The van der Waals surface area contributed by atoms with Crippen LogP contribution in [-0.4, -0.2) is 24.2 Å². The Morgan fingerprint density at radius 3 is 3.12 bits per heavy atom. The molecule has 92 valence electrons. The van der Waals surface area contributed by atoms with E-state index in [0.717, 1.165) is 35.7 Å². The van der Waals surface area contributed by atoms with Crippen LogP contribution in [0.4, 0.5) is 0 Å². The van der Waals surface area contributed by atoms with Crippen LogP contribution in [0.1, 0.15) is 24.4 Å².